The zero-order valence-corrected chi connectivity index (χ0v) is 32.6. The number of hydrogen-bond acceptors (Lipinski definition) is 0. The summed E-state index contributed by atoms with van der Waals surface area (Å²) in [6, 6.07) is 22.4. The number of aromatic nitrogens is 2. The summed E-state index contributed by atoms with van der Waals surface area (Å²) in [7, 11) is 0. The van der Waals surface area contributed by atoms with Crippen molar-refractivity contribution in [2.24, 2.45) is 0 Å². The van der Waals surface area contributed by atoms with Crippen molar-refractivity contribution in [1.82, 2.24) is 4.57 Å². The third-order valence-electron chi connectivity index (χ3n) is 10.9. The average molecular weight is 670 g/mol. The molecule has 49 heavy (non-hydrogen) atoms. The van der Waals surface area contributed by atoms with Gasteiger partial charge in [0.2, 0.25) is 0 Å². The number of benzene rings is 2. The van der Waals surface area contributed by atoms with Gasteiger partial charge in [-0.3, -0.25) is 0 Å². The number of hydrogen-bond donors (Lipinski definition) is 0. The lowest BCUT2D eigenvalue weighted by molar-refractivity contribution is -0.704. The molecule has 1 heterocycles. The highest BCUT2D eigenvalue weighted by atomic mass is 15.2. The lowest BCUT2D eigenvalue weighted by atomic mass is 9.96. The predicted octanol–water partition coefficient (Wildman–Crippen LogP) is 14.1. The summed E-state index contributed by atoms with van der Waals surface area (Å²) in [4.78, 5) is 0. The molecule has 2 aromatic carbocycles. The van der Waals surface area contributed by atoms with Crippen molar-refractivity contribution in [3.63, 3.8) is 0 Å². The molecule has 0 aliphatic rings. The molecule has 1 aromatic heterocycles. The van der Waals surface area contributed by atoms with E-state index in [0.717, 1.165) is 25.9 Å². The summed E-state index contributed by atoms with van der Waals surface area (Å²) in [5.41, 5.74) is 4.42. The summed E-state index contributed by atoms with van der Waals surface area (Å²) >= 11 is 0. The van der Waals surface area contributed by atoms with Crippen LogP contribution in [0, 0.1) is 0 Å². The van der Waals surface area contributed by atoms with E-state index in [1.165, 1.54) is 177 Å². The summed E-state index contributed by atoms with van der Waals surface area (Å²) in [5.74, 6) is 2.03. The maximum atomic E-state index is 2.75. The highest BCUT2D eigenvalue weighted by Crippen LogP contribution is 2.23. The average Bonchev–Trinajstić information content (AvgIpc) is 3.44. The summed E-state index contributed by atoms with van der Waals surface area (Å²) in [6.07, 6.45) is 38.4. The van der Waals surface area contributed by atoms with Gasteiger partial charge in [-0.05, 0) is 42.7 Å². The Hall–Kier alpha value is -2.35. The second-order valence-electron chi connectivity index (χ2n) is 15.3. The molecular formula is C47H77N2+. The van der Waals surface area contributed by atoms with Gasteiger partial charge in [0.05, 0.1) is 19.5 Å². The van der Waals surface area contributed by atoms with Gasteiger partial charge in [-0.2, -0.15) is 0 Å². The highest BCUT2D eigenvalue weighted by Gasteiger charge is 2.25. The van der Waals surface area contributed by atoms with E-state index >= 15 is 0 Å². The van der Waals surface area contributed by atoms with Crippen molar-refractivity contribution < 1.29 is 4.57 Å². The fourth-order valence-electron chi connectivity index (χ4n) is 7.70. The van der Waals surface area contributed by atoms with E-state index in [9.17, 15) is 0 Å². The lowest BCUT2D eigenvalue weighted by Crippen LogP contribution is -2.37. The van der Waals surface area contributed by atoms with Crippen LogP contribution in [-0.2, 0) is 25.9 Å². The third kappa shape index (κ3) is 17.9. The van der Waals surface area contributed by atoms with E-state index in [-0.39, 0.29) is 0 Å². The first-order chi connectivity index (χ1) is 24.2. The van der Waals surface area contributed by atoms with Crippen molar-refractivity contribution >= 4 is 0 Å². The fraction of sp³-hybridized carbons (Fsp3) is 0.681. The standard InChI is InChI=1S/C47H77N2/c1-4-6-8-10-12-14-15-16-17-18-19-20-21-22-24-32-38-48-42-46(40-43(3)45-36-30-27-31-37-45)49(39-33-25-23-13-11-9-7-5-2)47(48)41-44-34-28-26-29-35-44/h26-31,34-37,42-43H,4-25,32-33,38-41H2,1-3H3/q+1. The molecule has 0 aliphatic carbocycles. The number of imidazole rings is 1. The summed E-state index contributed by atoms with van der Waals surface area (Å²) in [5, 5.41) is 0. The highest BCUT2D eigenvalue weighted by molar-refractivity contribution is 5.22. The first kappa shape index (κ1) is 41.1. The molecule has 1 atom stereocenters. The Labute approximate surface area is 304 Å². The van der Waals surface area contributed by atoms with Gasteiger partial charge in [-0.25, -0.2) is 9.13 Å². The van der Waals surface area contributed by atoms with Crippen LogP contribution in [0.5, 0.6) is 0 Å². The molecule has 0 saturated heterocycles. The van der Waals surface area contributed by atoms with Crippen molar-refractivity contribution in [3.05, 3.63) is 89.5 Å². The molecule has 3 rings (SSSR count). The van der Waals surface area contributed by atoms with Crippen LogP contribution in [0.2, 0.25) is 0 Å². The van der Waals surface area contributed by atoms with E-state index in [2.05, 4.69) is 96.8 Å². The molecule has 2 nitrogen and oxygen atoms in total. The maximum Gasteiger partial charge on any atom is 0.261 e. The van der Waals surface area contributed by atoms with Crippen LogP contribution >= 0.6 is 0 Å². The van der Waals surface area contributed by atoms with Crippen LogP contribution in [0.4, 0.5) is 0 Å². The minimum absolute atomic E-state index is 0.516. The van der Waals surface area contributed by atoms with Gasteiger partial charge in [0, 0.05) is 6.42 Å². The topological polar surface area (TPSA) is 8.81 Å². The van der Waals surface area contributed by atoms with E-state index in [1.54, 1.807) is 0 Å². The van der Waals surface area contributed by atoms with Crippen molar-refractivity contribution in [2.45, 2.75) is 207 Å². The Morgan fingerprint density at radius 2 is 0.939 bits per heavy atom. The zero-order valence-electron chi connectivity index (χ0n) is 32.6. The maximum absolute atomic E-state index is 2.75. The largest absolute Gasteiger partial charge is 0.261 e. The van der Waals surface area contributed by atoms with E-state index in [0.29, 0.717) is 5.92 Å². The van der Waals surface area contributed by atoms with Gasteiger partial charge in [0.25, 0.3) is 5.82 Å². The first-order valence-corrected chi connectivity index (χ1v) is 21.4. The minimum Gasteiger partial charge on any atom is -0.234 e. The normalized spacial score (nSPS) is 12.1. The molecular weight excluding hydrogens is 593 g/mol. The van der Waals surface area contributed by atoms with Gasteiger partial charge in [-0.1, -0.05) is 210 Å². The Kier molecular flexibility index (Phi) is 23.0. The molecule has 274 valence electrons. The van der Waals surface area contributed by atoms with E-state index < -0.39 is 0 Å². The Bertz CT molecular complexity index is 1160. The molecule has 1 unspecified atom stereocenters. The SMILES string of the molecule is CCCCCCCCCCCCCCCCCC[n+]1cc(CC(C)c2ccccc2)n(CCCCCCCCCC)c1Cc1ccccc1. The molecule has 0 N–H and O–H groups in total. The third-order valence-corrected chi connectivity index (χ3v) is 10.9. The minimum atomic E-state index is 0.516. The second-order valence-corrected chi connectivity index (χ2v) is 15.3. The molecule has 2 heteroatoms. The van der Waals surface area contributed by atoms with Crippen LogP contribution in [0.3, 0.4) is 0 Å². The van der Waals surface area contributed by atoms with Crippen LogP contribution in [-0.4, -0.2) is 4.57 Å². The number of aryl methyl sites for hydroxylation is 1. The van der Waals surface area contributed by atoms with Gasteiger partial charge < -0.3 is 0 Å². The van der Waals surface area contributed by atoms with Crippen LogP contribution in [0.1, 0.15) is 203 Å². The summed E-state index contributed by atoms with van der Waals surface area (Å²) in [6.45, 7) is 9.34. The van der Waals surface area contributed by atoms with Gasteiger partial charge >= 0.3 is 0 Å². The van der Waals surface area contributed by atoms with Crippen LogP contribution in [0.25, 0.3) is 0 Å². The van der Waals surface area contributed by atoms with E-state index in [1.807, 2.05) is 0 Å². The number of nitrogens with zero attached hydrogens (tertiary/aromatic N) is 2. The molecule has 0 amide bonds. The van der Waals surface area contributed by atoms with Gasteiger partial charge in [-0.15, -0.1) is 0 Å². The Balaban J connectivity index is 1.51. The smallest absolute Gasteiger partial charge is 0.234 e. The molecule has 3 aromatic rings. The van der Waals surface area contributed by atoms with Gasteiger partial charge in [0.15, 0.2) is 0 Å². The molecule has 0 bridgehead atoms. The number of rotatable bonds is 31. The Morgan fingerprint density at radius 1 is 0.510 bits per heavy atom. The van der Waals surface area contributed by atoms with Crippen LogP contribution < -0.4 is 4.57 Å². The molecule has 0 aliphatic heterocycles. The number of unbranched alkanes of at least 4 members (excludes halogenated alkanes) is 22. The quantitative estimate of drug-likeness (QED) is 0.0476. The van der Waals surface area contributed by atoms with E-state index in [4.69, 9.17) is 0 Å². The van der Waals surface area contributed by atoms with Crippen LogP contribution in [0.15, 0.2) is 66.9 Å². The molecule has 0 spiro atoms. The molecule has 0 radical (unpaired) electrons. The molecule has 0 saturated carbocycles. The van der Waals surface area contributed by atoms with Crippen molar-refractivity contribution in [2.75, 3.05) is 0 Å². The monoisotopic (exact) mass is 670 g/mol. The predicted molar refractivity (Wildman–Crippen MR) is 215 cm³/mol. The fourth-order valence-corrected chi connectivity index (χ4v) is 7.70. The lowest BCUT2D eigenvalue weighted by Gasteiger charge is -2.12. The Morgan fingerprint density at radius 3 is 1.43 bits per heavy atom. The van der Waals surface area contributed by atoms with Gasteiger partial charge in [0.1, 0.15) is 11.9 Å². The molecule has 0 fully saturated rings. The van der Waals surface area contributed by atoms with Crippen molar-refractivity contribution in [1.29, 1.82) is 0 Å². The first-order valence-electron chi connectivity index (χ1n) is 21.4. The zero-order chi connectivity index (χ0) is 34.6. The summed E-state index contributed by atoms with van der Waals surface area (Å²) < 4.78 is 5.41. The van der Waals surface area contributed by atoms with Crippen molar-refractivity contribution in [3.8, 4) is 0 Å². The second kappa shape index (κ2) is 27.4.